The van der Waals surface area contributed by atoms with Crippen LogP contribution in [0.15, 0.2) is 47.5 Å². The second-order valence-electron chi connectivity index (χ2n) is 6.61. The molecule has 3 rings (SSSR count). The zero-order chi connectivity index (χ0) is 19.9. The molecule has 1 aliphatic carbocycles. The lowest BCUT2D eigenvalue weighted by Crippen LogP contribution is -2.43. The number of rotatable bonds is 6. The van der Waals surface area contributed by atoms with E-state index in [1.165, 1.54) is 0 Å². The first-order valence-corrected chi connectivity index (χ1v) is 10.3. The number of thioether (sulfide) groups is 1. The molecule has 1 fully saturated rings. The van der Waals surface area contributed by atoms with E-state index in [2.05, 4.69) is 15.6 Å². The Bertz CT molecular complexity index is 838. The molecule has 0 unspecified atom stereocenters. The molecule has 7 nitrogen and oxygen atoms in total. The fraction of sp³-hybridized carbons (Fsp3) is 0.350. The third kappa shape index (κ3) is 5.39. The first kappa shape index (κ1) is 20.0. The van der Waals surface area contributed by atoms with Gasteiger partial charge >= 0.3 is 6.09 Å². The predicted octanol–water partition coefficient (Wildman–Crippen LogP) is 3.90. The fourth-order valence-electron chi connectivity index (χ4n) is 3.24. The molecule has 28 heavy (non-hydrogen) atoms. The monoisotopic (exact) mass is 401 g/mol. The second kappa shape index (κ2) is 9.45. The molecule has 1 saturated carbocycles. The van der Waals surface area contributed by atoms with E-state index in [0.717, 1.165) is 17.7 Å². The van der Waals surface area contributed by atoms with Crippen molar-refractivity contribution in [3.63, 3.8) is 0 Å². The molecule has 1 aromatic heterocycles. The molecule has 0 spiro atoms. The van der Waals surface area contributed by atoms with Crippen LogP contribution in [0.1, 0.15) is 36.0 Å². The molecule has 2 amide bonds. The molecule has 0 bridgehead atoms. The number of amides is 2. The first-order chi connectivity index (χ1) is 13.5. The van der Waals surface area contributed by atoms with E-state index in [9.17, 15) is 9.59 Å². The summed E-state index contributed by atoms with van der Waals surface area (Å²) >= 11 is 1.61. The van der Waals surface area contributed by atoms with Gasteiger partial charge < -0.3 is 20.5 Å². The molecule has 0 saturated heterocycles. The molecule has 0 aliphatic heterocycles. The van der Waals surface area contributed by atoms with Crippen LogP contribution in [0, 0.1) is 0 Å². The highest BCUT2D eigenvalue weighted by molar-refractivity contribution is 7.98. The molecule has 3 N–H and O–H groups in total. The normalized spacial score (nSPS) is 18.9. The lowest BCUT2D eigenvalue weighted by atomic mass is 9.91. The molecule has 0 atom stereocenters. The number of nitrogens with zero attached hydrogens (tertiary/aromatic N) is 1. The highest BCUT2D eigenvalue weighted by Gasteiger charge is 2.25. The molecule has 1 aromatic carbocycles. The van der Waals surface area contributed by atoms with Crippen molar-refractivity contribution in [1.82, 2.24) is 15.6 Å². The van der Waals surface area contributed by atoms with Gasteiger partial charge in [0.05, 0.1) is 0 Å². The number of hydrogen-bond donors (Lipinski definition) is 3. The van der Waals surface area contributed by atoms with Gasteiger partial charge in [-0.3, -0.25) is 4.79 Å². The van der Waals surface area contributed by atoms with Gasteiger partial charge in [-0.15, -0.1) is 11.8 Å². The Kier molecular flexibility index (Phi) is 6.76. The number of hydrogen-bond acceptors (Lipinski definition) is 5. The summed E-state index contributed by atoms with van der Waals surface area (Å²) in [4.78, 5) is 28.8. The van der Waals surface area contributed by atoms with Crippen LogP contribution in [0.2, 0.25) is 0 Å². The van der Waals surface area contributed by atoms with E-state index in [1.54, 1.807) is 30.1 Å². The topological polar surface area (TPSA) is 101 Å². The number of carbonyl (C=O) groups is 2. The van der Waals surface area contributed by atoms with E-state index in [1.807, 2.05) is 30.5 Å². The Morgan fingerprint density at radius 1 is 1.11 bits per heavy atom. The second-order valence-corrected chi connectivity index (χ2v) is 7.49. The van der Waals surface area contributed by atoms with Crippen LogP contribution in [0.4, 0.5) is 4.79 Å². The summed E-state index contributed by atoms with van der Waals surface area (Å²) in [6.45, 7) is 0. The highest BCUT2D eigenvalue weighted by atomic mass is 32.2. The van der Waals surface area contributed by atoms with Crippen LogP contribution < -0.4 is 15.4 Å². The van der Waals surface area contributed by atoms with Gasteiger partial charge in [-0.1, -0.05) is 6.07 Å². The Labute approximate surface area is 167 Å². The number of pyridine rings is 1. The summed E-state index contributed by atoms with van der Waals surface area (Å²) in [6.07, 6.45) is 5.43. The number of aromatic nitrogens is 1. The summed E-state index contributed by atoms with van der Waals surface area (Å²) in [5, 5.41) is 14.3. The summed E-state index contributed by atoms with van der Waals surface area (Å²) in [6, 6.07) is 11.0. The lowest BCUT2D eigenvalue weighted by Gasteiger charge is -2.29. The van der Waals surface area contributed by atoms with E-state index in [0.29, 0.717) is 24.2 Å². The van der Waals surface area contributed by atoms with Crippen LogP contribution in [-0.2, 0) is 0 Å². The SMILES string of the molecule is CSc1cccc(Oc2ncccc2C(=O)NC2CCC(NC(=O)O)CC2)c1. The van der Waals surface area contributed by atoms with Gasteiger partial charge in [0.15, 0.2) is 0 Å². The average molecular weight is 401 g/mol. The smallest absolute Gasteiger partial charge is 0.404 e. The third-order valence-corrected chi connectivity index (χ3v) is 5.39. The Hall–Kier alpha value is -2.74. The lowest BCUT2D eigenvalue weighted by molar-refractivity contribution is 0.0920. The van der Waals surface area contributed by atoms with Gasteiger partial charge in [0.1, 0.15) is 11.3 Å². The standard InChI is InChI=1S/C20H23N3O4S/c1-28-16-5-2-4-15(12-16)27-19-17(6-3-11-21-19)18(24)22-13-7-9-14(10-8-13)23-20(25)26/h2-6,11-14,23H,7-10H2,1H3,(H,22,24)(H,25,26). The summed E-state index contributed by atoms with van der Waals surface area (Å²) in [7, 11) is 0. The maximum Gasteiger partial charge on any atom is 0.404 e. The van der Waals surface area contributed by atoms with Gasteiger partial charge in [-0.25, -0.2) is 9.78 Å². The van der Waals surface area contributed by atoms with Gasteiger partial charge in [-0.05, 0) is 62.3 Å². The van der Waals surface area contributed by atoms with Gasteiger partial charge in [0.2, 0.25) is 5.88 Å². The van der Waals surface area contributed by atoms with Gasteiger partial charge in [-0.2, -0.15) is 0 Å². The Morgan fingerprint density at radius 3 is 2.50 bits per heavy atom. The van der Waals surface area contributed by atoms with Crippen LogP contribution in [0.3, 0.4) is 0 Å². The minimum absolute atomic E-state index is 0.00669. The van der Waals surface area contributed by atoms with Crippen molar-refractivity contribution in [3.05, 3.63) is 48.2 Å². The number of carbonyl (C=O) groups excluding carboxylic acids is 1. The van der Waals surface area contributed by atoms with Gasteiger partial charge in [0, 0.05) is 23.2 Å². The zero-order valence-electron chi connectivity index (χ0n) is 15.6. The van der Waals surface area contributed by atoms with Crippen LogP contribution in [0.25, 0.3) is 0 Å². The zero-order valence-corrected chi connectivity index (χ0v) is 16.4. The van der Waals surface area contributed by atoms with E-state index >= 15 is 0 Å². The Balaban J connectivity index is 1.64. The van der Waals surface area contributed by atoms with Crippen molar-refractivity contribution in [1.29, 1.82) is 0 Å². The number of nitrogens with one attached hydrogen (secondary N) is 2. The van der Waals surface area contributed by atoms with E-state index < -0.39 is 6.09 Å². The largest absolute Gasteiger partial charge is 0.465 e. The molecule has 1 aliphatic rings. The summed E-state index contributed by atoms with van der Waals surface area (Å²) in [5.41, 5.74) is 0.378. The number of benzene rings is 1. The molecule has 0 radical (unpaired) electrons. The maximum atomic E-state index is 12.8. The van der Waals surface area contributed by atoms with Crippen molar-refractivity contribution in [3.8, 4) is 11.6 Å². The predicted molar refractivity (Wildman–Crippen MR) is 107 cm³/mol. The molecule has 148 valence electrons. The molecule has 1 heterocycles. The first-order valence-electron chi connectivity index (χ1n) is 9.12. The molecule has 8 heteroatoms. The minimum Gasteiger partial charge on any atom is -0.465 e. The Morgan fingerprint density at radius 2 is 1.82 bits per heavy atom. The van der Waals surface area contributed by atoms with Crippen molar-refractivity contribution >= 4 is 23.8 Å². The van der Waals surface area contributed by atoms with Crippen LogP contribution in [0.5, 0.6) is 11.6 Å². The quantitative estimate of drug-likeness (QED) is 0.635. The summed E-state index contributed by atoms with van der Waals surface area (Å²) < 4.78 is 5.86. The fourth-order valence-corrected chi connectivity index (χ4v) is 3.69. The number of carboxylic acid groups (broad SMARTS) is 1. The minimum atomic E-state index is -1.00. The average Bonchev–Trinajstić information content (AvgIpc) is 2.69. The van der Waals surface area contributed by atoms with E-state index in [-0.39, 0.29) is 23.9 Å². The molecular weight excluding hydrogens is 378 g/mol. The van der Waals surface area contributed by atoms with Gasteiger partial charge in [0.25, 0.3) is 5.91 Å². The third-order valence-electron chi connectivity index (χ3n) is 4.66. The highest BCUT2D eigenvalue weighted by Crippen LogP contribution is 2.27. The van der Waals surface area contributed by atoms with E-state index in [4.69, 9.17) is 9.84 Å². The summed E-state index contributed by atoms with van der Waals surface area (Å²) in [5.74, 6) is 0.651. The van der Waals surface area contributed by atoms with Crippen molar-refractivity contribution in [2.75, 3.05) is 6.26 Å². The maximum absolute atomic E-state index is 12.8. The molecular formula is C20H23N3O4S. The molecule has 2 aromatic rings. The van der Waals surface area contributed by atoms with Crippen LogP contribution >= 0.6 is 11.8 Å². The van der Waals surface area contributed by atoms with Crippen molar-refractivity contribution in [2.45, 2.75) is 42.7 Å². The van der Waals surface area contributed by atoms with Crippen LogP contribution in [-0.4, -0.2) is 40.4 Å². The number of ether oxygens (including phenoxy) is 1. The van der Waals surface area contributed by atoms with Crippen molar-refractivity contribution in [2.24, 2.45) is 0 Å². The van der Waals surface area contributed by atoms with Crippen molar-refractivity contribution < 1.29 is 19.4 Å².